The van der Waals surface area contributed by atoms with E-state index >= 15 is 0 Å². The van der Waals surface area contributed by atoms with Crippen molar-refractivity contribution in [3.63, 3.8) is 0 Å². The summed E-state index contributed by atoms with van der Waals surface area (Å²) in [4.78, 5) is 0. The Morgan fingerprint density at radius 3 is 3.12 bits per heavy atom. The van der Waals surface area contributed by atoms with Gasteiger partial charge in [0.05, 0.1) is 0 Å². The lowest BCUT2D eigenvalue weighted by Crippen LogP contribution is -2.14. The van der Waals surface area contributed by atoms with Crippen molar-refractivity contribution in [3.05, 3.63) is 6.92 Å². The summed E-state index contributed by atoms with van der Waals surface area (Å²) < 4.78 is 0. The van der Waals surface area contributed by atoms with Gasteiger partial charge in [-0.05, 0) is 6.42 Å². The SMILES string of the molecule is [CH2]CCN1CCC=N1. The molecule has 0 atom stereocenters. The second kappa shape index (κ2) is 2.70. The molecule has 8 heavy (non-hydrogen) atoms. The number of hydrogen-bond acceptors (Lipinski definition) is 2. The Bertz CT molecular complexity index is 88.5. The second-order valence-corrected chi connectivity index (χ2v) is 1.89. The molecule has 0 spiro atoms. The molecule has 45 valence electrons. The number of hydrazone groups is 1. The van der Waals surface area contributed by atoms with Crippen LogP contribution in [0.1, 0.15) is 12.8 Å². The van der Waals surface area contributed by atoms with Gasteiger partial charge in [-0.2, -0.15) is 5.10 Å². The summed E-state index contributed by atoms with van der Waals surface area (Å²) in [6, 6.07) is 0. The first kappa shape index (κ1) is 5.60. The minimum atomic E-state index is 0.956. The van der Waals surface area contributed by atoms with E-state index in [1.165, 1.54) is 0 Å². The minimum absolute atomic E-state index is 0.956. The van der Waals surface area contributed by atoms with Gasteiger partial charge >= 0.3 is 0 Å². The van der Waals surface area contributed by atoms with Crippen LogP contribution in [0.3, 0.4) is 0 Å². The molecule has 0 N–H and O–H groups in total. The Hall–Kier alpha value is -0.530. The summed E-state index contributed by atoms with van der Waals surface area (Å²) >= 11 is 0. The highest BCUT2D eigenvalue weighted by Crippen LogP contribution is 1.98. The van der Waals surface area contributed by atoms with Gasteiger partial charge in [0, 0.05) is 25.7 Å². The van der Waals surface area contributed by atoms with Crippen LogP contribution < -0.4 is 0 Å². The molecule has 1 rings (SSSR count). The zero-order chi connectivity index (χ0) is 5.82. The van der Waals surface area contributed by atoms with Gasteiger partial charge in [0.2, 0.25) is 0 Å². The maximum atomic E-state index is 4.09. The van der Waals surface area contributed by atoms with Crippen molar-refractivity contribution >= 4 is 6.21 Å². The molecule has 1 heterocycles. The van der Waals surface area contributed by atoms with Crippen molar-refractivity contribution in [2.24, 2.45) is 5.10 Å². The fourth-order valence-corrected chi connectivity index (χ4v) is 0.790. The van der Waals surface area contributed by atoms with Crippen molar-refractivity contribution in [3.8, 4) is 0 Å². The Kier molecular flexibility index (Phi) is 1.89. The Labute approximate surface area is 50.2 Å². The minimum Gasteiger partial charge on any atom is -0.297 e. The molecule has 0 bridgehead atoms. The molecule has 0 unspecified atom stereocenters. The van der Waals surface area contributed by atoms with Crippen molar-refractivity contribution < 1.29 is 0 Å². The van der Waals surface area contributed by atoms with Crippen LogP contribution in [0, 0.1) is 6.92 Å². The third-order valence-corrected chi connectivity index (χ3v) is 1.18. The molecule has 2 nitrogen and oxygen atoms in total. The highest BCUT2D eigenvalue weighted by Gasteiger charge is 2.01. The molecule has 0 aromatic heterocycles. The second-order valence-electron chi connectivity index (χ2n) is 1.89. The highest BCUT2D eigenvalue weighted by molar-refractivity contribution is 5.58. The first-order chi connectivity index (χ1) is 3.93. The number of hydrogen-bond donors (Lipinski definition) is 0. The fraction of sp³-hybridized carbons (Fsp3) is 0.667. The van der Waals surface area contributed by atoms with Crippen molar-refractivity contribution in [2.45, 2.75) is 12.8 Å². The molecule has 2 heteroatoms. The van der Waals surface area contributed by atoms with E-state index in [-0.39, 0.29) is 0 Å². The molecular formula is C6H11N2. The molecule has 0 amide bonds. The average molecular weight is 111 g/mol. The van der Waals surface area contributed by atoms with Crippen molar-refractivity contribution in [2.75, 3.05) is 13.1 Å². The van der Waals surface area contributed by atoms with Crippen LogP contribution >= 0.6 is 0 Å². The Morgan fingerprint density at radius 1 is 1.75 bits per heavy atom. The summed E-state index contributed by atoms with van der Waals surface area (Å²) in [6.07, 6.45) is 4.02. The van der Waals surface area contributed by atoms with E-state index in [2.05, 4.69) is 12.0 Å². The van der Waals surface area contributed by atoms with Crippen LogP contribution in [-0.4, -0.2) is 24.3 Å². The first-order valence-corrected chi connectivity index (χ1v) is 3.00. The van der Waals surface area contributed by atoms with E-state index in [0.29, 0.717) is 0 Å². The lowest BCUT2D eigenvalue weighted by Gasteiger charge is -2.10. The summed E-state index contributed by atoms with van der Waals surface area (Å²) in [6.45, 7) is 5.84. The fourth-order valence-electron chi connectivity index (χ4n) is 0.790. The maximum absolute atomic E-state index is 4.09. The summed E-state index contributed by atoms with van der Waals surface area (Å²) in [7, 11) is 0. The molecule has 0 fully saturated rings. The van der Waals surface area contributed by atoms with Gasteiger partial charge < -0.3 is 0 Å². The van der Waals surface area contributed by atoms with Crippen LogP contribution in [-0.2, 0) is 0 Å². The summed E-state index contributed by atoms with van der Waals surface area (Å²) in [5.74, 6) is 0. The van der Waals surface area contributed by atoms with Crippen LogP contribution in [0.25, 0.3) is 0 Å². The number of nitrogens with zero attached hydrogens (tertiary/aromatic N) is 2. The van der Waals surface area contributed by atoms with E-state index < -0.39 is 0 Å². The van der Waals surface area contributed by atoms with E-state index in [0.717, 1.165) is 25.9 Å². The monoisotopic (exact) mass is 111 g/mol. The van der Waals surface area contributed by atoms with E-state index in [4.69, 9.17) is 0 Å². The van der Waals surface area contributed by atoms with Gasteiger partial charge in [-0.3, -0.25) is 5.01 Å². The van der Waals surface area contributed by atoms with Gasteiger partial charge in [0.25, 0.3) is 0 Å². The predicted octanol–water partition coefficient (Wildman–Crippen LogP) is 0.902. The number of rotatable bonds is 2. The normalized spacial score (nSPS) is 17.9. The Balaban J connectivity index is 2.16. The maximum Gasteiger partial charge on any atom is 0.0410 e. The van der Waals surface area contributed by atoms with Crippen LogP contribution in [0.5, 0.6) is 0 Å². The summed E-state index contributed by atoms with van der Waals surface area (Å²) in [5, 5.41) is 6.14. The topological polar surface area (TPSA) is 15.6 Å². The highest BCUT2D eigenvalue weighted by atomic mass is 15.5. The molecule has 1 aliphatic heterocycles. The average Bonchev–Trinajstić information content (AvgIpc) is 2.19. The molecule has 0 saturated heterocycles. The molecule has 0 aromatic rings. The molecule has 0 aromatic carbocycles. The zero-order valence-corrected chi connectivity index (χ0v) is 5.01. The van der Waals surface area contributed by atoms with Gasteiger partial charge in [-0.25, -0.2) is 0 Å². The molecule has 1 aliphatic rings. The lowest BCUT2D eigenvalue weighted by atomic mass is 10.4. The van der Waals surface area contributed by atoms with Gasteiger partial charge in [-0.1, -0.05) is 6.92 Å². The quantitative estimate of drug-likeness (QED) is 0.517. The van der Waals surface area contributed by atoms with Gasteiger partial charge in [0.1, 0.15) is 0 Å². The molecule has 0 aliphatic carbocycles. The van der Waals surface area contributed by atoms with Gasteiger partial charge in [0.15, 0.2) is 0 Å². The predicted molar refractivity (Wildman–Crippen MR) is 34.7 cm³/mol. The van der Waals surface area contributed by atoms with Crippen molar-refractivity contribution in [1.29, 1.82) is 0 Å². The third kappa shape index (κ3) is 1.22. The van der Waals surface area contributed by atoms with E-state index in [1.54, 1.807) is 0 Å². The van der Waals surface area contributed by atoms with Crippen LogP contribution in [0.4, 0.5) is 0 Å². The summed E-state index contributed by atoms with van der Waals surface area (Å²) in [5.41, 5.74) is 0. The third-order valence-electron chi connectivity index (χ3n) is 1.18. The molecular weight excluding hydrogens is 100 g/mol. The first-order valence-electron chi connectivity index (χ1n) is 3.00. The standard InChI is InChI=1S/C6H11N2/c1-2-5-8-6-3-4-7-8/h4H,1-3,5-6H2. The lowest BCUT2D eigenvalue weighted by molar-refractivity contribution is 0.324. The molecule has 1 radical (unpaired) electrons. The zero-order valence-electron chi connectivity index (χ0n) is 5.01. The van der Waals surface area contributed by atoms with Gasteiger partial charge in [-0.15, -0.1) is 0 Å². The smallest absolute Gasteiger partial charge is 0.0410 e. The largest absolute Gasteiger partial charge is 0.297 e. The Morgan fingerprint density at radius 2 is 2.62 bits per heavy atom. The van der Waals surface area contributed by atoms with E-state index in [9.17, 15) is 0 Å². The van der Waals surface area contributed by atoms with Crippen LogP contribution in [0.15, 0.2) is 5.10 Å². The molecule has 0 saturated carbocycles. The van der Waals surface area contributed by atoms with E-state index in [1.807, 2.05) is 11.2 Å². The van der Waals surface area contributed by atoms with Crippen molar-refractivity contribution in [1.82, 2.24) is 5.01 Å². The van der Waals surface area contributed by atoms with Crippen LogP contribution in [0.2, 0.25) is 0 Å².